The maximum absolute atomic E-state index is 13.1. The van der Waals surface area contributed by atoms with Crippen LogP contribution in [-0.2, 0) is 0 Å². The van der Waals surface area contributed by atoms with Crippen LogP contribution in [0.1, 0.15) is 30.6 Å². The van der Waals surface area contributed by atoms with Gasteiger partial charge in [0.2, 0.25) is 5.95 Å². The van der Waals surface area contributed by atoms with Crippen molar-refractivity contribution in [3.8, 4) is 0 Å². The molecule has 2 atom stereocenters. The summed E-state index contributed by atoms with van der Waals surface area (Å²) in [5.74, 6) is 1.08. The molecule has 28 heavy (non-hydrogen) atoms. The zero-order chi connectivity index (χ0) is 19.9. The van der Waals surface area contributed by atoms with Crippen molar-refractivity contribution >= 4 is 17.5 Å². The zero-order valence-corrected chi connectivity index (χ0v) is 17.1. The lowest BCUT2D eigenvalue weighted by molar-refractivity contribution is -0.0789. The normalized spacial score (nSPS) is 25.3. The number of likely N-dealkylation sites (tertiary alicyclic amines) is 1. The number of hydrogen-bond donors (Lipinski definition) is 1. The predicted molar refractivity (Wildman–Crippen MR) is 111 cm³/mol. The summed E-state index contributed by atoms with van der Waals surface area (Å²) in [7, 11) is 4.24. The molecule has 1 aliphatic carbocycles. The first-order valence-electron chi connectivity index (χ1n) is 9.87. The molecule has 2 heterocycles. The molecule has 6 nitrogen and oxygen atoms in total. The van der Waals surface area contributed by atoms with E-state index in [4.69, 9.17) is 0 Å². The number of carbonyl (C=O) groups excluding carboxylic acids is 1. The largest absolute Gasteiger partial charge is 0.338 e. The number of rotatable bonds is 5. The number of nitrogens with one attached hydrogen (secondary N) is 1. The Hall–Kier alpha value is -2.47. The molecule has 4 rings (SSSR count). The standard InChI is InChI=1S/C22H29N5O/c1-21(2)13-22(14-26(3)4)15-27(12-18(21)22)19(28)16-10-23-20(24-11-16)25-17-8-6-5-7-9-17/h5-11,18H,12-15H2,1-4H3,(H,23,24,25)/t18-,22+/m1/s1. The first kappa shape index (κ1) is 18.9. The summed E-state index contributed by atoms with van der Waals surface area (Å²) in [6.07, 6.45) is 4.43. The van der Waals surface area contributed by atoms with Gasteiger partial charge in [-0.05, 0) is 44.0 Å². The molecule has 2 aliphatic rings. The molecule has 148 valence electrons. The van der Waals surface area contributed by atoms with Crippen LogP contribution in [0.3, 0.4) is 0 Å². The number of amides is 1. The van der Waals surface area contributed by atoms with E-state index in [1.807, 2.05) is 35.2 Å². The van der Waals surface area contributed by atoms with E-state index in [2.05, 4.69) is 48.1 Å². The molecule has 0 bridgehead atoms. The molecule has 1 saturated heterocycles. The molecule has 0 radical (unpaired) electrons. The van der Waals surface area contributed by atoms with Gasteiger partial charge < -0.3 is 15.1 Å². The SMILES string of the molecule is CN(C)C[C@@]12CN(C(=O)c3cnc(Nc4ccccc4)nc3)C[C@@H]1C(C)(C)C2. The molecule has 0 spiro atoms. The summed E-state index contributed by atoms with van der Waals surface area (Å²) in [5.41, 5.74) is 1.99. The molecule has 1 amide bonds. The van der Waals surface area contributed by atoms with Crippen LogP contribution in [-0.4, -0.2) is 59.4 Å². The van der Waals surface area contributed by atoms with Crippen LogP contribution in [0.5, 0.6) is 0 Å². The number of aromatic nitrogens is 2. The van der Waals surface area contributed by atoms with Crippen molar-refractivity contribution in [2.75, 3.05) is 39.0 Å². The van der Waals surface area contributed by atoms with E-state index >= 15 is 0 Å². The number of benzene rings is 1. The molecule has 1 aromatic heterocycles. The topological polar surface area (TPSA) is 61.4 Å². The van der Waals surface area contributed by atoms with Gasteiger partial charge in [0.1, 0.15) is 0 Å². The van der Waals surface area contributed by atoms with Gasteiger partial charge in [0.05, 0.1) is 5.56 Å². The maximum Gasteiger partial charge on any atom is 0.257 e. The predicted octanol–water partition coefficient (Wildman–Crippen LogP) is 3.27. The molecule has 0 unspecified atom stereocenters. The van der Waals surface area contributed by atoms with Crippen molar-refractivity contribution in [3.05, 3.63) is 48.3 Å². The highest BCUT2D eigenvalue weighted by Gasteiger charge is 2.63. The minimum absolute atomic E-state index is 0.0367. The summed E-state index contributed by atoms with van der Waals surface area (Å²) in [6.45, 7) is 7.33. The Balaban J connectivity index is 1.46. The van der Waals surface area contributed by atoms with Crippen LogP contribution in [0.15, 0.2) is 42.7 Å². The van der Waals surface area contributed by atoms with Gasteiger partial charge >= 0.3 is 0 Å². The van der Waals surface area contributed by atoms with E-state index < -0.39 is 0 Å². The number of carbonyl (C=O) groups is 1. The van der Waals surface area contributed by atoms with E-state index in [1.165, 1.54) is 6.42 Å². The van der Waals surface area contributed by atoms with Crippen LogP contribution in [0.2, 0.25) is 0 Å². The zero-order valence-electron chi connectivity index (χ0n) is 17.1. The molecule has 1 aliphatic heterocycles. The van der Waals surface area contributed by atoms with Gasteiger partial charge in [-0.3, -0.25) is 4.79 Å². The summed E-state index contributed by atoms with van der Waals surface area (Å²) in [6, 6.07) is 9.77. The Morgan fingerprint density at radius 3 is 2.50 bits per heavy atom. The molecular weight excluding hydrogens is 350 g/mol. The van der Waals surface area contributed by atoms with Gasteiger partial charge in [-0.15, -0.1) is 0 Å². The summed E-state index contributed by atoms with van der Waals surface area (Å²) in [4.78, 5) is 26.0. The minimum Gasteiger partial charge on any atom is -0.338 e. The maximum atomic E-state index is 13.1. The van der Waals surface area contributed by atoms with Crippen molar-refractivity contribution in [1.82, 2.24) is 19.8 Å². The second kappa shape index (κ2) is 6.85. The minimum atomic E-state index is 0.0367. The smallest absolute Gasteiger partial charge is 0.257 e. The Morgan fingerprint density at radius 1 is 1.21 bits per heavy atom. The van der Waals surface area contributed by atoms with Gasteiger partial charge in [-0.2, -0.15) is 0 Å². The Kier molecular flexibility index (Phi) is 4.62. The molecule has 6 heteroatoms. The van der Waals surface area contributed by atoms with E-state index in [-0.39, 0.29) is 11.3 Å². The summed E-state index contributed by atoms with van der Waals surface area (Å²) in [5, 5.41) is 3.15. The lowest BCUT2D eigenvalue weighted by Crippen LogP contribution is -2.57. The Labute approximate surface area is 167 Å². The van der Waals surface area contributed by atoms with E-state index in [0.29, 0.717) is 22.8 Å². The highest BCUT2D eigenvalue weighted by molar-refractivity contribution is 5.94. The second-order valence-corrected chi connectivity index (χ2v) is 9.29. The van der Waals surface area contributed by atoms with Crippen molar-refractivity contribution in [2.24, 2.45) is 16.7 Å². The average Bonchev–Trinajstić information content (AvgIpc) is 2.96. The number of nitrogens with zero attached hydrogens (tertiary/aromatic N) is 4. The van der Waals surface area contributed by atoms with E-state index in [0.717, 1.165) is 25.3 Å². The monoisotopic (exact) mass is 379 g/mol. The fourth-order valence-corrected chi connectivity index (χ4v) is 5.46. The number of hydrogen-bond acceptors (Lipinski definition) is 5. The lowest BCUT2D eigenvalue weighted by Gasteiger charge is -2.57. The number of anilines is 2. The van der Waals surface area contributed by atoms with Crippen molar-refractivity contribution in [2.45, 2.75) is 20.3 Å². The van der Waals surface area contributed by atoms with Crippen molar-refractivity contribution in [3.63, 3.8) is 0 Å². The molecule has 2 aromatic rings. The first-order chi connectivity index (χ1) is 13.3. The first-order valence-corrected chi connectivity index (χ1v) is 9.87. The van der Waals surface area contributed by atoms with E-state index in [1.54, 1.807) is 12.4 Å². The van der Waals surface area contributed by atoms with Crippen molar-refractivity contribution < 1.29 is 4.79 Å². The highest BCUT2D eigenvalue weighted by Crippen LogP contribution is 2.62. The number of para-hydroxylation sites is 1. The van der Waals surface area contributed by atoms with Gasteiger partial charge in [0.25, 0.3) is 5.91 Å². The quantitative estimate of drug-likeness (QED) is 0.864. The van der Waals surface area contributed by atoms with Gasteiger partial charge in [-0.1, -0.05) is 32.0 Å². The summed E-state index contributed by atoms with van der Waals surface area (Å²) < 4.78 is 0. The van der Waals surface area contributed by atoms with Gasteiger partial charge in [0, 0.05) is 43.1 Å². The van der Waals surface area contributed by atoms with Crippen molar-refractivity contribution in [1.29, 1.82) is 0 Å². The van der Waals surface area contributed by atoms with E-state index in [9.17, 15) is 4.79 Å². The lowest BCUT2D eigenvalue weighted by atomic mass is 9.48. The molecule has 1 aromatic carbocycles. The third kappa shape index (κ3) is 3.37. The molecule has 2 fully saturated rings. The molecular formula is C22H29N5O. The molecule has 1 saturated carbocycles. The highest BCUT2D eigenvalue weighted by atomic mass is 16.2. The third-order valence-electron chi connectivity index (χ3n) is 6.25. The van der Waals surface area contributed by atoms with Gasteiger partial charge in [-0.25, -0.2) is 9.97 Å². The van der Waals surface area contributed by atoms with Crippen LogP contribution in [0.25, 0.3) is 0 Å². The van der Waals surface area contributed by atoms with Crippen LogP contribution in [0.4, 0.5) is 11.6 Å². The fourth-order valence-electron chi connectivity index (χ4n) is 5.46. The van der Waals surface area contributed by atoms with Crippen LogP contribution in [0, 0.1) is 16.7 Å². The number of fused-ring (bicyclic) bond motifs is 1. The Bertz CT molecular complexity index is 845. The Morgan fingerprint density at radius 2 is 1.89 bits per heavy atom. The molecule has 1 N–H and O–H groups in total. The third-order valence-corrected chi connectivity index (χ3v) is 6.25. The van der Waals surface area contributed by atoms with Gasteiger partial charge in [0.15, 0.2) is 0 Å². The summed E-state index contributed by atoms with van der Waals surface area (Å²) >= 11 is 0. The van der Waals surface area contributed by atoms with Crippen LogP contribution < -0.4 is 5.32 Å². The average molecular weight is 380 g/mol. The fraction of sp³-hybridized carbons (Fsp3) is 0.500. The second-order valence-electron chi connectivity index (χ2n) is 9.29. The van der Waals surface area contributed by atoms with Crippen LogP contribution >= 0.6 is 0 Å².